The van der Waals surface area contributed by atoms with E-state index in [9.17, 15) is 9.59 Å². The maximum Gasteiger partial charge on any atom is 0.409 e. The number of piperazine rings is 1. The molecule has 0 radical (unpaired) electrons. The van der Waals surface area contributed by atoms with E-state index in [1.807, 2.05) is 25.1 Å². The third kappa shape index (κ3) is 4.12. The first-order valence-electron chi connectivity index (χ1n) is 11.2. The molecule has 1 aliphatic carbocycles. The largest absolute Gasteiger partial charge is 0.448 e. The molecule has 0 saturated carbocycles. The van der Waals surface area contributed by atoms with E-state index >= 15 is 0 Å². The Hall–Kier alpha value is -2.87. The lowest BCUT2D eigenvalue weighted by Crippen LogP contribution is -2.49. The first-order valence-corrected chi connectivity index (χ1v) is 12.2. The Morgan fingerprint density at radius 1 is 1.00 bits per heavy atom. The fraction of sp³-hybridized carbons (Fsp3) is 0.259. The predicted molar refractivity (Wildman–Crippen MR) is 138 cm³/mol. The number of carbonyl (C=O) groups excluding carboxylic acids is 2. The molecule has 33 heavy (non-hydrogen) atoms. The van der Waals surface area contributed by atoms with Crippen molar-refractivity contribution in [1.29, 1.82) is 0 Å². The summed E-state index contributed by atoms with van der Waals surface area (Å²) in [4.78, 5) is 28.3. The minimum atomic E-state index is -0.261. The van der Waals surface area contributed by atoms with E-state index in [2.05, 4.69) is 70.0 Å². The Morgan fingerprint density at radius 2 is 1.61 bits per heavy atom. The third-order valence-electron chi connectivity index (χ3n) is 6.74. The van der Waals surface area contributed by atoms with Crippen LogP contribution in [0.2, 0.25) is 0 Å². The molecule has 2 aliphatic rings. The number of anilines is 1. The van der Waals surface area contributed by atoms with Gasteiger partial charge in [-0.3, -0.25) is 4.79 Å². The number of nitrogens with zero attached hydrogens (tertiary/aromatic N) is 2. The van der Waals surface area contributed by atoms with Crippen molar-refractivity contribution >= 4 is 40.7 Å². The number of halogens is 1. The molecule has 0 aromatic heterocycles. The van der Waals surface area contributed by atoms with Gasteiger partial charge >= 0.3 is 6.09 Å². The molecular formula is C27H25IN2O3. The topological polar surface area (TPSA) is 49.9 Å². The Bertz CT molecular complexity index is 1170. The summed E-state index contributed by atoms with van der Waals surface area (Å²) in [5.74, 6) is 0.0686. The molecule has 0 atom stereocenters. The van der Waals surface area contributed by atoms with Crippen LogP contribution in [-0.4, -0.2) is 50.1 Å². The predicted octanol–water partition coefficient (Wildman–Crippen LogP) is 5.48. The van der Waals surface area contributed by atoms with Crippen molar-refractivity contribution in [1.82, 2.24) is 4.90 Å². The standard InChI is InChI=1S/C27H25IN2O3/c1-18-19(16-31)14-20(15-26(18)28)29-10-12-30(13-11-29)27(32)33-17-25-23-8-4-2-6-21(23)22-7-3-5-9-24(22)25/h2-9,14-16,25H,10-13,17H2,1H3. The molecule has 0 spiro atoms. The molecule has 5 nitrogen and oxygen atoms in total. The molecule has 3 aromatic rings. The highest BCUT2D eigenvalue weighted by atomic mass is 127. The number of fused-ring (bicyclic) bond motifs is 3. The normalized spacial score (nSPS) is 15.2. The van der Waals surface area contributed by atoms with Gasteiger partial charge < -0.3 is 14.5 Å². The first-order chi connectivity index (χ1) is 16.1. The van der Waals surface area contributed by atoms with E-state index < -0.39 is 0 Å². The summed E-state index contributed by atoms with van der Waals surface area (Å²) in [6.07, 6.45) is 0.650. The van der Waals surface area contributed by atoms with Crippen LogP contribution in [0.1, 0.15) is 33.0 Å². The number of ether oxygens (including phenoxy) is 1. The minimum Gasteiger partial charge on any atom is -0.448 e. The molecule has 168 valence electrons. The van der Waals surface area contributed by atoms with E-state index in [0.29, 0.717) is 32.8 Å². The second-order valence-electron chi connectivity index (χ2n) is 8.54. The molecule has 1 saturated heterocycles. The van der Waals surface area contributed by atoms with Crippen molar-refractivity contribution in [2.45, 2.75) is 12.8 Å². The summed E-state index contributed by atoms with van der Waals surface area (Å²) >= 11 is 2.27. The number of amides is 1. The molecule has 0 bridgehead atoms. The third-order valence-corrected chi connectivity index (χ3v) is 7.86. The highest BCUT2D eigenvalue weighted by Crippen LogP contribution is 2.44. The maximum absolute atomic E-state index is 12.9. The van der Waals surface area contributed by atoms with Crippen LogP contribution in [0, 0.1) is 10.5 Å². The van der Waals surface area contributed by atoms with Crippen LogP contribution in [0.5, 0.6) is 0 Å². The average Bonchev–Trinajstić information content (AvgIpc) is 3.18. The number of benzene rings is 3. The Labute approximate surface area is 207 Å². The van der Waals surface area contributed by atoms with E-state index in [-0.39, 0.29) is 12.0 Å². The van der Waals surface area contributed by atoms with Crippen LogP contribution in [0.3, 0.4) is 0 Å². The van der Waals surface area contributed by atoms with Crippen molar-refractivity contribution < 1.29 is 14.3 Å². The number of hydrogen-bond acceptors (Lipinski definition) is 4. The highest BCUT2D eigenvalue weighted by molar-refractivity contribution is 14.1. The fourth-order valence-corrected chi connectivity index (χ4v) is 5.45. The van der Waals surface area contributed by atoms with Crippen LogP contribution < -0.4 is 4.90 Å². The lowest BCUT2D eigenvalue weighted by molar-refractivity contribution is 0.0976. The van der Waals surface area contributed by atoms with Crippen molar-refractivity contribution in [3.63, 3.8) is 0 Å². The van der Waals surface area contributed by atoms with Gasteiger partial charge in [0.2, 0.25) is 0 Å². The summed E-state index contributed by atoms with van der Waals surface area (Å²) in [7, 11) is 0. The molecular weight excluding hydrogens is 527 g/mol. The Kier molecular flexibility index (Phi) is 6.10. The number of carbonyl (C=O) groups is 2. The summed E-state index contributed by atoms with van der Waals surface area (Å²) in [5.41, 5.74) is 7.64. The minimum absolute atomic E-state index is 0.0686. The van der Waals surface area contributed by atoms with E-state index in [4.69, 9.17) is 4.74 Å². The summed E-state index contributed by atoms with van der Waals surface area (Å²) in [6.45, 7) is 4.91. The van der Waals surface area contributed by atoms with Gasteiger partial charge in [0.25, 0.3) is 0 Å². The van der Waals surface area contributed by atoms with Gasteiger partial charge in [0.05, 0.1) is 0 Å². The number of rotatable bonds is 4. The quantitative estimate of drug-likeness (QED) is 0.318. The van der Waals surface area contributed by atoms with Gasteiger partial charge in [-0.25, -0.2) is 4.79 Å². The summed E-state index contributed by atoms with van der Waals surface area (Å²) in [6, 6.07) is 20.8. The van der Waals surface area contributed by atoms with Crippen LogP contribution in [0.4, 0.5) is 10.5 Å². The zero-order valence-electron chi connectivity index (χ0n) is 18.5. The van der Waals surface area contributed by atoms with E-state index in [0.717, 1.165) is 26.7 Å². The average molecular weight is 552 g/mol. The van der Waals surface area contributed by atoms with Gasteiger partial charge in [0.1, 0.15) is 12.9 Å². The van der Waals surface area contributed by atoms with Crippen molar-refractivity contribution in [3.05, 3.63) is 86.5 Å². The van der Waals surface area contributed by atoms with Crippen molar-refractivity contribution in [3.8, 4) is 11.1 Å². The number of aldehydes is 1. The summed E-state index contributed by atoms with van der Waals surface area (Å²) < 4.78 is 6.89. The van der Waals surface area contributed by atoms with Crippen LogP contribution >= 0.6 is 22.6 Å². The lowest BCUT2D eigenvalue weighted by Gasteiger charge is -2.36. The molecule has 1 heterocycles. The molecule has 1 fully saturated rings. The number of hydrogen-bond donors (Lipinski definition) is 0. The molecule has 0 N–H and O–H groups in total. The Morgan fingerprint density at radius 3 is 2.21 bits per heavy atom. The van der Waals surface area contributed by atoms with Gasteiger partial charge in [0, 0.05) is 46.9 Å². The maximum atomic E-state index is 12.9. The van der Waals surface area contributed by atoms with Crippen molar-refractivity contribution in [2.24, 2.45) is 0 Å². The molecule has 1 amide bonds. The molecule has 3 aromatic carbocycles. The van der Waals surface area contributed by atoms with Crippen LogP contribution in [-0.2, 0) is 4.74 Å². The van der Waals surface area contributed by atoms with Crippen LogP contribution in [0.25, 0.3) is 11.1 Å². The van der Waals surface area contributed by atoms with Crippen LogP contribution in [0.15, 0.2) is 60.7 Å². The first kappa shape index (κ1) is 21.9. The molecule has 5 rings (SSSR count). The van der Waals surface area contributed by atoms with Gasteiger partial charge in [-0.15, -0.1) is 0 Å². The Balaban J connectivity index is 1.22. The smallest absolute Gasteiger partial charge is 0.409 e. The van der Waals surface area contributed by atoms with E-state index in [1.165, 1.54) is 22.3 Å². The zero-order valence-corrected chi connectivity index (χ0v) is 20.6. The van der Waals surface area contributed by atoms with Gasteiger partial charge in [-0.2, -0.15) is 0 Å². The second kappa shape index (κ2) is 9.17. The second-order valence-corrected chi connectivity index (χ2v) is 9.70. The molecule has 6 heteroatoms. The molecule has 0 unspecified atom stereocenters. The van der Waals surface area contributed by atoms with Gasteiger partial charge in [-0.1, -0.05) is 48.5 Å². The fourth-order valence-electron chi connectivity index (χ4n) is 4.82. The SMILES string of the molecule is Cc1c(I)cc(N2CCN(C(=O)OCC3c4ccccc4-c4ccccc43)CC2)cc1C=O. The summed E-state index contributed by atoms with van der Waals surface area (Å²) in [5, 5.41) is 0. The van der Waals surface area contributed by atoms with Gasteiger partial charge in [0.15, 0.2) is 0 Å². The van der Waals surface area contributed by atoms with E-state index in [1.54, 1.807) is 4.90 Å². The molecule has 1 aliphatic heterocycles. The highest BCUT2D eigenvalue weighted by Gasteiger charge is 2.30. The zero-order chi connectivity index (χ0) is 22.9. The van der Waals surface area contributed by atoms with Crippen molar-refractivity contribution in [2.75, 3.05) is 37.7 Å². The monoisotopic (exact) mass is 552 g/mol. The van der Waals surface area contributed by atoms with Gasteiger partial charge in [-0.05, 0) is 69.5 Å². The lowest BCUT2D eigenvalue weighted by atomic mass is 9.98.